The summed E-state index contributed by atoms with van der Waals surface area (Å²) in [7, 11) is 0. The van der Waals surface area contributed by atoms with Crippen LogP contribution in [0.4, 0.5) is 0 Å². The Morgan fingerprint density at radius 2 is 1.23 bits per heavy atom. The monoisotopic (exact) mass is 839 g/mol. The van der Waals surface area contributed by atoms with Gasteiger partial charge in [0.05, 0.1) is 11.8 Å². The maximum Gasteiger partial charge on any atom is 0.135 e. The molecule has 4 aliphatic rings. The van der Waals surface area contributed by atoms with Gasteiger partial charge in [-0.05, 0) is 142 Å². The van der Waals surface area contributed by atoms with E-state index < -0.39 is 0 Å². The molecule has 2 aromatic heterocycles. The Kier molecular flexibility index (Phi) is 8.87. The van der Waals surface area contributed by atoms with E-state index in [1.807, 2.05) is 18.2 Å². The maximum absolute atomic E-state index is 6.40. The largest absolute Gasteiger partial charge is 0.485 e. The minimum atomic E-state index is -0.109. The molecule has 0 radical (unpaired) electrons. The molecule has 4 heterocycles. The molecule has 0 fully saturated rings. The lowest BCUT2D eigenvalue weighted by molar-refractivity contribution is 0.269. The van der Waals surface area contributed by atoms with Crippen LogP contribution in [0.2, 0.25) is 0 Å². The molecule has 13 rings (SSSR count). The van der Waals surface area contributed by atoms with Crippen LogP contribution >= 0.6 is 0 Å². The number of ether oxygens (including phenoxy) is 1. The average molecular weight is 840 g/mol. The Hall–Kier alpha value is -7.69. The van der Waals surface area contributed by atoms with Crippen LogP contribution in [0.15, 0.2) is 208 Å². The molecule has 2 aliphatic carbocycles. The average Bonchev–Trinajstić information content (AvgIpc) is 4.01. The summed E-state index contributed by atoms with van der Waals surface area (Å²) in [4.78, 5) is 5.80. The third kappa shape index (κ3) is 6.63. The van der Waals surface area contributed by atoms with Crippen LogP contribution in [0.25, 0.3) is 66.8 Å². The Morgan fingerprint density at radius 3 is 2.08 bits per heavy atom. The zero-order valence-electron chi connectivity index (χ0n) is 36.0. The molecule has 0 bridgehead atoms. The van der Waals surface area contributed by atoms with Crippen molar-refractivity contribution < 1.29 is 13.6 Å². The lowest BCUT2D eigenvalue weighted by atomic mass is 9.85. The molecule has 9 aromatic rings. The molecule has 0 amide bonds. The van der Waals surface area contributed by atoms with Crippen molar-refractivity contribution in [2.24, 2.45) is 10.9 Å². The summed E-state index contributed by atoms with van der Waals surface area (Å²) < 4.78 is 18.9. The highest BCUT2D eigenvalue weighted by Gasteiger charge is 2.33. The smallest absolute Gasteiger partial charge is 0.135 e. The van der Waals surface area contributed by atoms with Crippen LogP contribution in [-0.4, -0.2) is 11.8 Å². The van der Waals surface area contributed by atoms with E-state index in [2.05, 4.69) is 189 Å². The second-order valence-electron chi connectivity index (χ2n) is 18.2. The van der Waals surface area contributed by atoms with Crippen molar-refractivity contribution in [2.45, 2.75) is 43.7 Å². The highest BCUT2D eigenvalue weighted by atomic mass is 16.5. The van der Waals surface area contributed by atoms with Crippen molar-refractivity contribution in [1.82, 2.24) is 0 Å². The normalized spacial score (nSPS) is 20.8. The first-order chi connectivity index (χ1) is 32.1. The molecule has 4 heteroatoms. The predicted octanol–water partition coefficient (Wildman–Crippen LogP) is 15.6. The molecule has 312 valence electrons. The van der Waals surface area contributed by atoms with E-state index in [0.29, 0.717) is 0 Å². The number of hydrogen-bond donors (Lipinski definition) is 0. The van der Waals surface area contributed by atoms with E-state index in [1.54, 1.807) is 0 Å². The number of allylic oxidation sites excluding steroid dienone is 5. The van der Waals surface area contributed by atoms with Gasteiger partial charge in [0.2, 0.25) is 0 Å². The number of nitrogens with zero attached hydrogens (tertiary/aromatic N) is 1. The first-order valence-electron chi connectivity index (χ1n) is 22.9. The number of fused-ring (bicyclic) bond motifs is 9. The molecular weight excluding hydrogens is 795 g/mol. The van der Waals surface area contributed by atoms with Crippen LogP contribution in [0, 0.1) is 5.92 Å². The number of rotatable bonds is 6. The molecule has 5 atom stereocenters. The lowest BCUT2D eigenvalue weighted by Gasteiger charge is -2.23. The lowest BCUT2D eigenvalue weighted by Crippen LogP contribution is -2.15. The molecule has 0 N–H and O–H groups in total. The van der Waals surface area contributed by atoms with Crippen molar-refractivity contribution in [3.8, 4) is 28.0 Å². The third-order valence-electron chi connectivity index (χ3n) is 14.1. The Labute approximate surface area is 378 Å². The van der Waals surface area contributed by atoms with Gasteiger partial charge in [0, 0.05) is 39.1 Å². The summed E-state index contributed by atoms with van der Waals surface area (Å²) in [5.41, 5.74) is 17.1. The summed E-state index contributed by atoms with van der Waals surface area (Å²) >= 11 is 0. The van der Waals surface area contributed by atoms with E-state index in [4.69, 9.17) is 18.6 Å². The van der Waals surface area contributed by atoms with Crippen molar-refractivity contribution >= 4 is 50.3 Å². The van der Waals surface area contributed by atoms with Gasteiger partial charge in [-0.1, -0.05) is 134 Å². The van der Waals surface area contributed by atoms with Gasteiger partial charge in [-0.25, -0.2) is 0 Å². The fraction of sp³-hybridized carbons (Fsp3) is 0.131. The van der Waals surface area contributed by atoms with E-state index in [1.165, 1.54) is 49.9 Å². The first kappa shape index (κ1) is 37.8. The fourth-order valence-electron chi connectivity index (χ4n) is 10.8. The van der Waals surface area contributed by atoms with Gasteiger partial charge < -0.3 is 13.6 Å². The van der Waals surface area contributed by atoms with Gasteiger partial charge in [0.25, 0.3) is 0 Å². The number of furan rings is 2. The quantitative estimate of drug-likeness (QED) is 0.168. The predicted molar refractivity (Wildman–Crippen MR) is 266 cm³/mol. The van der Waals surface area contributed by atoms with Crippen LogP contribution in [-0.2, 0) is 6.42 Å². The highest BCUT2D eigenvalue weighted by molar-refractivity contribution is 6.13. The van der Waals surface area contributed by atoms with Gasteiger partial charge in [0.15, 0.2) is 0 Å². The fourth-order valence-corrected chi connectivity index (χ4v) is 10.8. The van der Waals surface area contributed by atoms with Crippen LogP contribution in [0.5, 0.6) is 5.75 Å². The Balaban J connectivity index is 0.925. The Bertz CT molecular complexity index is 3500. The molecule has 0 saturated heterocycles. The summed E-state index contributed by atoms with van der Waals surface area (Å²) in [6, 6.07) is 57.0. The van der Waals surface area contributed by atoms with Gasteiger partial charge in [-0.2, -0.15) is 0 Å². The number of hydrogen-bond acceptors (Lipinski definition) is 4. The first-order valence-corrected chi connectivity index (χ1v) is 22.9. The minimum Gasteiger partial charge on any atom is -0.485 e. The van der Waals surface area contributed by atoms with Gasteiger partial charge in [-0.15, -0.1) is 0 Å². The zero-order valence-corrected chi connectivity index (χ0v) is 36.0. The summed E-state index contributed by atoms with van der Waals surface area (Å²) in [5.74, 6) is 2.62. The number of aliphatic imine (C=N–C) groups is 1. The molecule has 2 aliphatic heterocycles. The van der Waals surface area contributed by atoms with Gasteiger partial charge in [-0.3, -0.25) is 4.99 Å². The van der Waals surface area contributed by atoms with Crippen molar-refractivity contribution in [3.63, 3.8) is 0 Å². The molecule has 0 spiro atoms. The number of para-hydroxylation sites is 2. The molecule has 5 unspecified atom stereocenters. The maximum atomic E-state index is 6.40. The summed E-state index contributed by atoms with van der Waals surface area (Å²) in [5, 5.41) is 3.45. The molecule has 4 nitrogen and oxygen atoms in total. The second-order valence-corrected chi connectivity index (χ2v) is 18.2. The topological polar surface area (TPSA) is 47.9 Å². The molecule has 65 heavy (non-hydrogen) atoms. The van der Waals surface area contributed by atoms with Gasteiger partial charge >= 0.3 is 0 Å². The zero-order chi connectivity index (χ0) is 43.0. The molecular formula is C61H45NO3. The molecule has 0 saturated carbocycles. The van der Waals surface area contributed by atoms with Crippen LogP contribution in [0.3, 0.4) is 0 Å². The minimum absolute atomic E-state index is 0.0346. The standard InChI is InChI=1S/C61H45NO3/c1-37-29-44(38-11-3-2-4-12-38)36-54(40-21-19-39(20-22-40)41-23-26-58-51(33-41)48-13-5-8-16-55(48)63-58)62-61(37)47-31-45(42-24-27-59-52(34-42)49-14-6-9-17-56(49)64-59)30-46(32-47)43-25-28-60-53(35-43)50-15-7-10-18-57(50)65-60/h2-28,30-32,34-37,41,49,56,61H,29,33H2,1H3. The van der Waals surface area contributed by atoms with E-state index in [0.717, 1.165) is 74.3 Å². The summed E-state index contributed by atoms with van der Waals surface area (Å²) in [6.45, 7) is 2.37. The Morgan fingerprint density at radius 1 is 0.523 bits per heavy atom. The van der Waals surface area contributed by atoms with E-state index in [-0.39, 0.29) is 29.9 Å². The van der Waals surface area contributed by atoms with Crippen molar-refractivity contribution in [3.05, 3.63) is 233 Å². The highest BCUT2D eigenvalue weighted by Crippen LogP contribution is 2.46. The van der Waals surface area contributed by atoms with E-state index >= 15 is 0 Å². The van der Waals surface area contributed by atoms with E-state index in [9.17, 15) is 0 Å². The second kappa shape index (κ2) is 15.2. The molecule has 7 aromatic carbocycles. The van der Waals surface area contributed by atoms with Crippen LogP contribution < -0.4 is 4.74 Å². The number of benzene rings is 7. The van der Waals surface area contributed by atoms with Crippen molar-refractivity contribution in [2.75, 3.05) is 0 Å². The van der Waals surface area contributed by atoms with Crippen LogP contribution in [0.1, 0.15) is 70.4 Å². The van der Waals surface area contributed by atoms with Gasteiger partial charge in [0.1, 0.15) is 34.4 Å². The third-order valence-corrected chi connectivity index (χ3v) is 14.1. The van der Waals surface area contributed by atoms with Crippen molar-refractivity contribution in [1.29, 1.82) is 0 Å². The summed E-state index contributed by atoms with van der Waals surface area (Å²) in [6.07, 6.45) is 17.3. The SMILES string of the molecule is CC1CC(c2ccccc2)=CC(c2ccc(C3C=Cc4oc5ccccc5c4C3)cc2)=NC1c1cc(-c2ccc3c(c2)C2C=CC=CC2O3)cc(-c2ccc3oc4ccccc4c3c2)c1.